The highest BCUT2D eigenvalue weighted by molar-refractivity contribution is 6.39. The van der Waals surface area contributed by atoms with Crippen LogP contribution in [0.3, 0.4) is 0 Å². The lowest BCUT2D eigenvalue weighted by Crippen LogP contribution is -2.25. The normalized spacial score (nSPS) is 22.0. The van der Waals surface area contributed by atoms with Crippen LogP contribution in [0, 0.1) is 0 Å². The topological polar surface area (TPSA) is 12.0 Å². The average molecular weight is 320 g/mol. The lowest BCUT2D eigenvalue weighted by atomic mass is 9.82. The van der Waals surface area contributed by atoms with Gasteiger partial charge in [0, 0.05) is 6.04 Å². The summed E-state index contributed by atoms with van der Waals surface area (Å²) >= 11 is 12.5. The summed E-state index contributed by atoms with van der Waals surface area (Å²) in [6.07, 6.45) is 4.73. The zero-order valence-corrected chi connectivity index (χ0v) is 13.4. The fourth-order valence-corrected chi connectivity index (χ4v) is 3.64. The third kappa shape index (κ3) is 3.53. The second-order valence-electron chi connectivity index (χ2n) is 5.70. The Balaban J connectivity index is 1.62. The Morgan fingerprint density at radius 2 is 1.38 bits per heavy atom. The molecule has 0 aliphatic heterocycles. The lowest BCUT2D eigenvalue weighted by molar-refractivity contribution is 0.412. The van der Waals surface area contributed by atoms with E-state index in [1.807, 2.05) is 18.2 Å². The van der Waals surface area contributed by atoms with Crippen molar-refractivity contribution in [2.75, 3.05) is 5.32 Å². The molecule has 3 heteroatoms. The van der Waals surface area contributed by atoms with Crippen LogP contribution in [0.2, 0.25) is 10.0 Å². The summed E-state index contributed by atoms with van der Waals surface area (Å²) in [5.74, 6) is 0.686. The maximum atomic E-state index is 6.23. The number of halogens is 2. The quantitative estimate of drug-likeness (QED) is 0.717. The van der Waals surface area contributed by atoms with E-state index in [1.165, 1.54) is 18.4 Å². The molecule has 1 saturated carbocycles. The Hall–Kier alpha value is -1.18. The molecule has 1 N–H and O–H groups in total. The molecule has 1 aliphatic carbocycles. The fraction of sp³-hybridized carbons (Fsp3) is 0.333. The Morgan fingerprint density at radius 3 is 2.00 bits per heavy atom. The summed E-state index contributed by atoms with van der Waals surface area (Å²) in [5.41, 5.74) is 2.34. The van der Waals surface area contributed by atoms with E-state index in [0.717, 1.165) is 18.5 Å². The highest BCUT2D eigenvalue weighted by atomic mass is 35.5. The molecule has 0 bridgehead atoms. The molecule has 0 aromatic heterocycles. The van der Waals surface area contributed by atoms with Crippen molar-refractivity contribution in [2.45, 2.75) is 37.6 Å². The summed E-state index contributed by atoms with van der Waals surface area (Å²) in [5, 5.41) is 4.93. The maximum absolute atomic E-state index is 6.23. The summed E-state index contributed by atoms with van der Waals surface area (Å²) < 4.78 is 0. The van der Waals surface area contributed by atoms with E-state index in [-0.39, 0.29) is 0 Å². The second-order valence-corrected chi connectivity index (χ2v) is 6.51. The van der Waals surface area contributed by atoms with E-state index in [0.29, 0.717) is 22.0 Å². The Kier molecular flexibility index (Phi) is 4.72. The van der Waals surface area contributed by atoms with Crippen LogP contribution >= 0.6 is 23.2 Å². The third-order valence-electron chi connectivity index (χ3n) is 4.31. The molecule has 1 aliphatic rings. The van der Waals surface area contributed by atoms with Crippen LogP contribution < -0.4 is 5.32 Å². The molecule has 2 aromatic carbocycles. The molecule has 1 nitrogen and oxygen atoms in total. The molecule has 3 rings (SSSR count). The van der Waals surface area contributed by atoms with Gasteiger partial charge in [-0.1, -0.05) is 59.6 Å². The zero-order valence-electron chi connectivity index (χ0n) is 11.9. The standard InChI is InChI=1S/C18H19Cl2N/c19-16-7-4-8-17(20)18(16)21-15-11-9-14(10-12-15)13-5-2-1-3-6-13/h1-8,14-15,21H,9-12H2. The van der Waals surface area contributed by atoms with Crippen molar-refractivity contribution < 1.29 is 0 Å². The minimum atomic E-state index is 0.461. The first-order chi connectivity index (χ1) is 10.2. The fourth-order valence-electron chi connectivity index (χ4n) is 3.14. The van der Waals surface area contributed by atoms with Gasteiger partial charge in [0.2, 0.25) is 0 Å². The van der Waals surface area contributed by atoms with Crippen LogP contribution in [0.1, 0.15) is 37.2 Å². The van der Waals surface area contributed by atoms with Crippen molar-refractivity contribution in [3.05, 3.63) is 64.1 Å². The molecule has 0 radical (unpaired) electrons. The summed E-state index contributed by atoms with van der Waals surface area (Å²) in [4.78, 5) is 0. The number of nitrogens with one attached hydrogen (secondary N) is 1. The van der Waals surface area contributed by atoms with Crippen LogP contribution in [0.5, 0.6) is 0 Å². The van der Waals surface area contributed by atoms with Crippen molar-refractivity contribution in [3.8, 4) is 0 Å². The van der Waals surface area contributed by atoms with Gasteiger partial charge in [-0.2, -0.15) is 0 Å². The van der Waals surface area contributed by atoms with Crippen LogP contribution in [-0.2, 0) is 0 Å². The first kappa shape index (κ1) is 14.7. The molecule has 0 saturated heterocycles. The molecular formula is C18H19Cl2N. The van der Waals surface area contributed by atoms with Gasteiger partial charge in [0.15, 0.2) is 0 Å². The SMILES string of the molecule is Clc1cccc(Cl)c1NC1CCC(c2ccccc2)CC1. The van der Waals surface area contributed by atoms with Gasteiger partial charge in [-0.15, -0.1) is 0 Å². The first-order valence-electron chi connectivity index (χ1n) is 7.49. The largest absolute Gasteiger partial charge is 0.380 e. The summed E-state index contributed by atoms with van der Waals surface area (Å²) in [7, 11) is 0. The lowest BCUT2D eigenvalue weighted by Gasteiger charge is -2.30. The van der Waals surface area contributed by atoms with Gasteiger partial charge in [-0.3, -0.25) is 0 Å². The van der Waals surface area contributed by atoms with E-state index in [4.69, 9.17) is 23.2 Å². The predicted molar refractivity (Wildman–Crippen MR) is 91.5 cm³/mol. The van der Waals surface area contributed by atoms with Crippen LogP contribution in [-0.4, -0.2) is 6.04 Å². The maximum Gasteiger partial charge on any atom is 0.0721 e. The van der Waals surface area contributed by atoms with Crippen LogP contribution in [0.25, 0.3) is 0 Å². The minimum Gasteiger partial charge on any atom is -0.380 e. The molecule has 0 spiro atoms. The molecule has 2 aromatic rings. The smallest absolute Gasteiger partial charge is 0.0721 e. The summed E-state index contributed by atoms with van der Waals surface area (Å²) in [6, 6.07) is 16.9. The van der Waals surface area contributed by atoms with Crippen LogP contribution in [0.15, 0.2) is 48.5 Å². The third-order valence-corrected chi connectivity index (χ3v) is 4.94. The highest BCUT2D eigenvalue weighted by Gasteiger charge is 2.23. The number of para-hydroxylation sites is 1. The number of anilines is 1. The van der Waals surface area contributed by atoms with Crippen molar-refractivity contribution >= 4 is 28.9 Å². The molecule has 1 fully saturated rings. The van der Waals surface area contributed by atoms with Gasteiger partial charge < -0.3 is 5.32 Å². The number of benzene rings is 2. The predicted octanol–water partition coefficient (Wildman–Crippen LogP) is 6.13. The highest BCUT2D eigenvalue weighted by Crippen LogP contribution is 2.36. The monoisotopic (exact) mass is 319 g/mol. The van der Waals surface area contributed by atoms with Crippen molar-refractivity contribution in [1.82, 2.24) is 0 Å². The van der Waals surface area contributed by atoms with Gasteiger partial charge in [0.25, 0.3) is 0 Å². The van der Waals surface area contributed by atoms with Gasteiger partial charge >= 0.3 is 0 Å². The van der Waals surface area contributed by atoms with Gasteiger partial charge in [-0.25, -0.2) is 0 Å². The van der Waals surface area contributed by atoms with E-state index >= 15 is 0 Å². The zero-order chi connectivity index (χ0) is 14.7. The minimum absolute atomic E-state index is 0.461. The number of hydrogen-bond acceptors (Lipinski definition) is 1. The van der Waals surface area contributed by atoms with Crippen molar-refractivity contribution in [1.29, 1.82) is 0 Å². The Labute approximate surface area is 136 Å². The molecule has 0 unspecified atom stereocenters. The summed E-state index contributed by atoms with van der Waals surface area (Å²) in [6.45, 7) is 0. The van der Waals surface area contributed by atoms with Gasteiger partial charge in [0.05, 0.1) is 15.7 Å². The van der Waals surface area contributed by atoms with E-state index < -0.39 is 0 Å². The Bertz CT molecular complexity index is 569. The molecular weight excluding hydrogens is 301 g/mol. The van der Waals surface area contributed by atoms with Crippen molar-refractivity contribution in [2.24, 2.45) is 0 Å². The average Bonchev–Trinajstić information content (AvgIpc) is 2.53. The Morgan fingerprint density at radius 1 is 0.762 bits per heavy atom. The molecule has 0 heterocycles. The van der Waals surface area contributed by atoms with Gasteiger partial charge in [0.1, 0.15) is 0 Å². The first-order valence-corrected chi connectivity index (χ1v) is 8.25. The number of hydrogen-bond donors (Lipinski definition) is 1. The molecule has 0 atom stereocenters. The molecule has 0 amide bonds. The second kappa shape index (κ2) is 6.72. The van der Waals surface area contributed by atoms with E-state index in [1.54, 1.807) is 0 Å². The van der Waals surface area contributed by atoms with E-state index in [9.17, 15) is 0 Å². The molecule has 110 valence electrons. The van der Waals surface area contributed by atoms with Crippen LogP contribution in [0.4, 0.5) is 5.69 Å². The van der Waals surface area contributed by atoms with Crippen molar-refractivity contribution in [3.63, 3.8) is 0 Å². The van der Waals surface area contributed by atoms with Gasteiger partial charge in [-0.05, 0) is 49.3 Å². The molecule has 21 heavy (non-hydrogen) atoms. The number of rotatable bonds is 3. The van der Waals surface area contributed by atoms with E-state index in [2.05, 4.69) is 35.6 Å².